The lowest BCUT2D eigenvalue weighted by molar-refractivity contribution is 0.121. The van der Waals surface area contributed by atoms with Crippen LogP contribution in [0.5, 0.6) is 0 Å². The van der Waals surface area contributed by atoms with E-state index in [9.17, 15) is 16.8 Å². The molecule has 434 valence electrons. The van der Waals surface area contributed by atoms with Gasteiger partial charge in [-0.1, -0.05) is 166 Å². The maximum absolute atomic E-state index is 12.7. The molecule has 4 aliphatic rings. The van der Waals surface area contributed by atoms with Gasteiger partial charge >= 0.3 is 0 Å². The van der Waals surface area contributed by atoms with Crippen molar-refractivity contribution in [3.05, 3.63) is 187 Å². The topological polar surface area (TPSA) is 175 Å². The highest BCUT2D eigenvalue weighted by molar-refractivity contribution is 8.38. The molecule has 4 heterocycles. The number of piperidine rings is 2. The smallest absolute Gasteiger partial charge is 0.284 e. The number of nitrogens with two attached hydrogens (primary N) is 1. The Bertz CT molecular complexity index is 3290. The highest BCUT2D eigenvalue weighted by Crippen LogP contribution is 2.39. The summed E-state index contributed by atoms with van der Waals surface area (Å²) in [5.41, 5.74) is 10.2. The molecule has 6 aromatic carbocycles. The standard InChI is InChI=1S/C26H31NO3S3Si.C22H27N5O2S2.C14H19N3/c1-26(2,3)34(23-12-8-6-9-13-23,24-14-10-7-11-15-24)30-20-21-16-18-22(19-17-21)33(28,29)27-25(31-4)32-5;1-30-21(25-31(28,29)20-9-7-19(23)8-10-20)27-17-22(16-24-27)11-13-26(14-12-22)15-18-5-3-2-4-6-18;1-2-4-13(5-3-1)10-17-8-6-14(7-9-17)11-15-16-12-14/h6-19H,20H2,1-5H3;2-10,16H,11-15,17,23H2,1H3;1-5H,6-12H2. The van der Waals surface area contributed by atoms with Gasteiger partial charge in [0.15, 0.2) is 5.17 Å². The van der Waals surface area contributed by atoms with E-state index in [2.05, 4.69) is 158 Å². The Kier molecular flexibility index (Phi) is 21.7. The van der Waals surface area contributed by atoms with E-state index in [1.807, 2.05) is 55.3 Å². The molecule has 82 heavy (non-hydrogen) atoms. The number of hydrogen-bond acceptors (Lipinski definition) is 14. The molecule has 6 aromatic rings. The summed E-state index contributed by atoms with van der Waals surface area (Å²) >= 11 is 3.93. The number of likely N-dealkylation sites (tertiary alicyclic amines) is 2. The SMILES string of the molecule is CSC(=NS(=O)(=O)c1ccc(CO[Si](c2ccccc2)(c2ccccc2)C(C)(C)C)cc1)SC.CSC(=NS(=O)(=O)c1ccc(N)cc1)N1CC2(C=N1)CCN(Cc1ccccc1)CC2.c1ccc(CN2CCC3(CC2)CN=NC3)cc1. The first-order valence-corrected chi connectivity index (χ1v) is 36.1. The highest BCUT2D eigenvalue weighted by atomic mass is 32.2. The van der Waals surface area contributed by atoms with Crippen molar-refractivity contribution >= 4 is 95.5 Å². The Morgan fingerprint density at radius 1 is 0.585 bits per heavy atom. The van der Waals surface area contributed by atoms with Crippen LogP contribution < -0.4 is 16.1 Å². The van der Waals surface area contributed by atoms with Crippen molar-refractivity contribution in [3.63, 3.8) is 0 Å². The third kappa shape index (κ3) is 16.3. The van der Waals surface area contributed by atoms with Crippen LogP contribution in [0.4, 0.5) is 5.69 Å². The monoisotopic (exact) mass is 1220 g/mol. The quantitative estimate of drug-likeness (QED) is 0.0502. The molecule has 0 aliphatic carbocycles. The second-order valence-electron chi connectivity index (χ2n) is 22.2. The first kappa shape index (κ1) is 62.6. The van der Waals surface area contributed by atoms with Crippen LogP contribution in [0.15, 0.2) is 204 Å². The summed E-state index contributed by atoms with van der Waals surface area (Å²) < 4.78 is 66.2. The molecular weight excluding hydrogens is 1140 g/mol. The zero-order valence-electron chi connectivity index (χ0n) is 47.9. The minimum absolute atomic E-state index is 0.0331. The Balaban J connectivity index is 0.000000169. The summed E-state index contributed by atoms with van der Waals surface area (Å²) in [4.78, 5) is 5.33. The summed E-state index contributed by atoms with van der Waals surface area (Å²) in [5.74, 6) is 0. The zero-order chi connectivity index (χ0) is 58.3. The van der Waals surface area contributed by atoms with Crippen molar-refractivity contribution in [1.29, 1.82) is 0 Å². The Labute approximate surface area is 500 Å². The molecule has 2 saturated heterocycles. The van der Waals surface area contributed by atoms with Gasteiger partial charge in [-0.25, -0.2) is 5.01 Å². The molecule has 0 aromatic heterocycles. The number of nitrogens with zero attached hydrogens (tertiary/aromatic N) is 8. The van der Waals surface area contributed by atoms with E-state index in [0.29, 0.717) is 33.8 Å². The summed E-state index contributed by atoms with van der Waals surface area (Å²) in [5, 5.41) is 17.3. The molecule has 10 rings (SSSR count). The molecule has 4 aliphatic heterocycles. The van der Waals surface area contributed by atoms with E-state index >= 15 is 0 Å². The number of sulfonamides is 2. The van der Waals surface area contributed by atoms with E-state index in [1.165, 1.54) is 94.8 Å². The predicted molar refractivity (Wildman–Crippen MR) is 346 cm³/mol. The van der Waals surface area contributed by atoms with E-state index < -0.39 is 28.4 Å². The van der Waals surface area contributed by atoms with Crippen molar-refractivity contribution in [2.24, 2.45) is 35.0 Å². The summed E-state index contributed by atoms with van der Waals surface area (Å²) in [6.07, 6.45) is 11.9. The third-order valence-corrected chi connectivity index (χ3v) is 26.0. The van der Waals surface area contributed by atoms with Crippen LogP contribution in [0, 0.1) is 10.8 Å². The van der Waals surface area contributed by atoms with Crippen LogP contribution in [0.3, 0.4) is 0 Å². The molecule has 2 spiro atoms. The van der Waals surface area contributed by atoms with E-state index in [-0.39, 0.29) is 20.2 Å². The average molecular weight is 1220 g/mol. The van der Waals surface area contributed by atoms with Crippen LogP contribution in [0.2, 0.25) is 5.04 Å². The number of hydrazone groups is 1. The van der Waals surface area contributed by atoms with E-state index in [1.54, 1.807) is 29.3 Å². The summed E-state index contributed by atoms with van der Waals surface area (Å²) in [7, 11) is -10.2. The molecule has 20 heteroatoms. The number of benzene rings is 6. The summed E-state index contributed by atoms with van der Waals surface area (Å²) in [6.45, 7) is 16.1. The van der Waals surface area contributed by atoms with Gasteiger partial charge in [0.2, 0.25) is 0 Å². The van der Waals surface area contributed by atoms with Crippen LogP contribution in [0.1, 0.15) is 63.1 Å². The van der Waals surface area contributed by atoms with Gasteiger partial charge < -0.3 is 10.2 Å². The first-order valence-electron chi connectivity index (χ1n) is 27.6. The third-order valence-electron chi connectivity index (χ3n) is 15.5. The number of rotatable bonds is 13. The molecule has 0 radical (unpaired) electrons. The average Bonchev–Trinajstić information content (AvgIpc) is 4.27. The fraction of sp³-hybridized carbons (Fsp3) is 0.371. The van der Waals surface area contributed by atoms with Crippen molar-refractivity contribution in [3.8, 4) is 0 Å². The highest BCUT2D eigenvalue weighted by Gasteiger charge is 2.50. The predicted octanol–water partition coefficient (Wildman–Crippen LogP) is 11.5. The van der Waals surface area contributed by atoms with Gasteiger partial charge in [0.1, 0.15) is 4.38 Å². The molecule has 0 bridgehead atoms. The van der Waals surface area contributed by atoms with Gasteiger partial charge in [-0.2, -0.15) is 32.2 Å². The zero-order valence-corrected chi connectivity index (χ0v) is 53.0. The van der Waals surface area contributed by atoms with Gasteiger partial charge in [0.25, 0.3) is 28.4 Å². The van der Waals surface area contributed by atoms with Crippen molar-refractivity contribution < 1.29 is 21.3 Å². The molecule has 14 nitrogen and oxygen atoms in total. The minimum atomic E-state index is -3.82. The number of anilines is 1. The largest absolute Gasteiger partial charge is 0.403 e. The van der Waals surface area contributed by atoms with Gasteiger partial charge in [-0.05, 0) is 139 Å². The van der Waals surface area contributed by atoms with Crippen molar-refractivity contribution in [2.45, 2.75) is 81.0 Å². The number of amidine groups is 1. The second kappa shape index (κ2) is 28.4. The number of azo groups is 1. The van der Waals surface area contributed by atoms with Crippen LogP contribution in [-0.2, 0) is 44.2 Å². The second-order valence-corrected chi connectivity index (χ2v) is 32.4. The number of hydrogen-bond donors (Lipinski definition) is 1. The molecule has 0 unspecified atom stereocenters. The normalized spacial score (nSPS) is 17.2. The fourth-order valence-corrected chi connectivity index (χ4v) is 19.7. The number of thioether (sulfide) groups is 3. The minimum Gasteiger partial charge on any atom is -0.403 e. The Hall–Kier alpha value is -5.42. The van der Waals surface area contributed by atoms with Crippen molar-refractivity contribution in [1.82, 2.24) is 14.8 Å². The molecule has 0 atom stereocenters. The van der Waals surface area contributed by atoms with Gasteiger partial charge in [0, 0.05) is 35.8 Å². The Morgan fingerprint density at radius 2 is 1.02 bits per heavy atom. The van der Waals surface area contributed by atoms with Crippen molar-refractivity contribution in [2.75, 3.05) is 70.3 Å². The molecule has 2 N–H and O–H groups in total. The lowest BCUT2D eigenvalue weighted by Gasteiger charge is -2.43. The molecule has 0 amide bonds. The lowest BCUT2D eigenvalue weighted by atomic mass is 9.79. The van der Waals surface area contributed by atoms with Crippen LogP contribution in [-0.4, -0.2) is 120 Å². The maximum Gasteiger partial charge on any atom is 0.284 e. The fourth-order valence-electron chi connectivity index (χ4n) is 10.8. The van der Waals surface area contributed by atoms with Crippen LogP contribution in [0.25, 0.3) is 0 Å². The molecule has 2 fully saturated rings. The first-order chi connectivity index (χ1) is 39.4. The molecular formula is C62H77N9O5S5Si. The number of nitrogen functional groups attached to an aromatic ring is 1. The summed E-state index contributed by atoms with van der Waals surface area (Å²) in [6, 6.07) is 55.1. The Morgan fingerprint density at radius 3 is 1.48 bits per heavy atom. The lowest BCUT2D eigenvalue weighted by Crippen LogP contribution is -2.66. The van der Waals surface area contributed by atoms with Crippen LogP contribution >= 0.6 is 35.3 Å². The maximum atomic E-state index is 12.7. The van der Waals surface area contributed by atoms with Gasteiger partial charge in [-0.15, -0.1) is 32.3 Å². The van der Waals surface area contributed by atoms with E-state index in [0.717, 1.165) is 57.7 Å². The van der Waals surface area contributed by atoms with E-state index in [4.69, 9.17) is 10.2 Å². The molecule has 0 saturated carbocycles. The van der Waals surface area contributed by atoms with Gasteiger partial charge in [-0.3, -0.25) is 9.80 Å². The van der Waals surface area contributed by atoms with Gasteiger partial charge in [0.05, 0.1) is 36.0 Å².